The first-order chi connectivity index (χ1) is 18.8. The predicted molar refractivity (Wildman–Crippen MR) is 134 cm³/mol. The molecule has 0 fully saturated rings. The van der Waals surface area contributed by atoms with Crippen molar-refractivity contribution >= 4 is 33.2 Å². The standard InChI is InChI=1S/C23H21ClF4N8O3S/c1-3-16-20(35-10-12(2)14(24)7-17(35)31-16)22(37)30-9-13-6-15(25)19(29-8-13)21-32-18-11-34(4-5-36(18)33-21)40(38,39)23(26,27)28/h6-8,10H,3-5,9,11H2,1-2H3,(H,30,37). The summed E-state index contributed by atoms with van der Waals surface area (Å²) < 4.78 is 80.3. The maximum atomic E-state index is 15.0. The number of hydrogen-bond acceptors (Lipinski definition) is 7. The fraction of sp³-hybridized carbons (Fsp3) is 0.348. The van der Waals surface area contributed by atoms with Gasteiger partial charge in [0.05, 0.1) is 18.8 Å². The molecule has 17 heteroatoms. The number of hydrogen-bond donors (Lipinski definition) is 1. The van der Waals surface area contributed by atoms with E-state index in [0.29, 0.717) is 34.0 Å². The molecular formula is C23H21ClF4N8O3S. The minimum absolute atomic E-state index is 0.0661. The monoisotopic (exact) mass is 600 g/mol. The molecule has 1 aliphatic rings. The van der Waals surface area contributed by atoms with Crippen molar-refractivity contribution in [2.24, 2.45) is 0 Å². The van der Waals surface area contributed by atoms with Crippen LogP contribution in [0.1, 0.15) is 40.1 Å². The topological polar surface area (TPSA) is 127 Å². The molecule has 0 spiro atoms. The number of pyridine rings is 2. The van der Waals surface area contributed by atoms with Gasteiger partial charge in [-0.1, -0.05) is 18.5 Å². The molecule has 0 aliphatic carbocycles. The Bertz CT molecular complexity index is 1750. The molecule has 11 nitrogen and oxygen atoms in total. The number of nitrogens with zero attached hydrogens (tertiary/aromatic N) is 7. The van der Waals surface area contributed by atoms with Crippen LogP contribution in [0.25, 0.3) is 17.2 Å². The van der Waals surface area contributed by atoms with Crippen molar-refractivity contribution in [2.75, 3.05) is 6.54 Å². The molecule has 1 N–H and O–H groups in total. The van der Waals surface area contributed by atoms with Crippen molar-refractivity contribution in [3.8, 4) is 11.5 Å². The number of carbonyl (C=O) groups excluding carboxylic acids is 1. The summed E-state index contributed by atoms with van der Waals surface area (Å²) in [6, 6.07) is 2.79. The smallest absolute Gasteiger partial charge is 0.347 e. The van der Waals surface area contributed by atoms with Crippen molar-refractivity contribution in [1.29, 1.82) is 0 Å². The number of amides is 1. The van der Waals surface area contributed by atoms with E-state index in [1.807, 2.05) is 6.92 Å². The first-order valence-electron chi connectivity index (χ1n) is 11.9. The summed E-state index contributed by atoms with van der Waals surface area (Å²) in [6.07, 6.45) is 3.51. The van der Waals surface area contributed by atoms with Crippen molar-refractivity contribution in [3.05, 3.63) is 63.7 Å². The van der Waals surface area contributed by atoms with Gasteiger partial charge < -0.3 is 5.32 Å². The van der Waals surface area contributed by atoms with Crippen LogP contribution in [-0.2, 0) is 36.1 Å². The summed E-state index contributed by atoms with van der Waals surface area (Å²) in [5, 5.41) is 7.32. The molecule has 0 aromatic carbocycles. The maximum Gasteiger partial charge on any atom is 0.511 e. The van der Waals surface area contributed by atoms with E-state index in [-0.39, 0.29) is 34.7 Å². The van der Waals surface area contributed by atoms with Gasteiger partial charge in [0.25, 0.3) is 5.91 Å². The van der Waals surface area contributed by atoms with Gasteiger partial charge in [-0.05, 0) is 30.5 Å². The number of halogens is 5. The highest BCUT2D eigenvalue weighted by molar-refractivity contribution is 7.89. The van der Waals surface area contributed by atoms with E-state index in [1.165, 1.54) is 10.9 Å². The molecule has 212 valence electrons. The van der Waals surface area contributed by atoms with Crippen LogP contribution >= 0.6 is 11.6 Å². The van der Waals surface area contributed by atoms with Crippen LogP contribution < -0.4 is 5.32 Å². The number of aromatic nitrogens is 6. The van der Waals surface area contributed by atoms with Crippen LogP contribution in [-0.4, -0.2) is 59.8 Å². The zero-order chi connectivity index (χ0) is 29.0. The number of nitrogens with one attached hydrogen (secondary N) is 1. The average molecular weight is 601 g/mol. The molecule has 5 rings (SSSR count). The zero-order valence-electron chi connectivity index (χ0n) is 21.0. The molecule has 0 unspecified atom stereocenters. The average Bonchev–Trinajstić information content (AvgIpc) is 3.47. The van der Waals surface area contributed by atoms with Crippen LogP contribution in [0, 0.1) is 12.7 Å². The summed E-state index contributed by atoms with van der Waals surface area (Å²) in [5.74, 6) is -1.55. The molecule has 5 heterocycles. The molecule has 0 saturated carbocycles. The van der Waals surface area contributed by atoms with Gasteiger partial charge in [0, 0.05) is 36.6 Å². The van der Waals surface area contributed by atoms with Gasteiger partial charge in [0.15, 0.2) is 5.82 Å². The van der Waals surface area contributed by atoms with Crippen molar-refractivity contribution < 1.29 is 30.8 Å². The van der Waals surface area contributed by atoms with E-state index in [2.05, 4.69) is 25.4 Å². The Balaban J connectivity index is 1.32. The molecule has 0 atom stereocenters. The minimum atomic E-state index is -5.55. The minimum Gasteiger partial charge on any atom is -0.347 e. The Morgan fingerprint density at radius 1 is 1.20 bits per heavy atom. The SMILES string of the molecule is CCc1nc2cc(Cl)c(C)cn2c1C(=O)NCc1cnc(-c2nc3n(n2)CCN(S(=O)(=O)C(F)(F)F)C3)c(F)c1. The van der Waals surface area contributed by atoms with Gasteiger partial charge in [0.1, 0.15) is 22.9 Å². The molecule has 4 aromatic heterocycles. The summed E-state index contributed by atoms with van der Waals surface area (Å²) in [7, 11) is -5.55. The summed E-state index contributed by atoms with van der Waals surface area (Å²) in [6.45, 7) is 2.26. The van der Waals surface area contributed by atoms with Gasteiger partial charge in [-0.15, -0.1) is 5.10 Å². The lowest BCUT2D eigenvalue weighted by Crippen LogP contribution is -2.44. The van der Waals surface area contributed by atoms with Crippen LogP contribution in [0.15, 0.2) is 24.5 Å². The lowest BCUT2D eigenvalue weighted by Gasteiger charge is -2.26. The number of imidazole rings is 1. The van der Waals surface area contributed by atoms with Crippen molar-refractivity contribution in [1.82, 2.24) is 38.8 Å². The predicted octanol–water partition coefficient (Wildman–Crippen LogP) is 3.25. The van der Waals surface area contributed by atoms with E-state index in [9.17, 15) is 30.8 Å². The highest BCUT2D eigenvalue weighted by atomic mass is 35.5. The molecule has 0 saturated heterocycles. The van der Waals surface area contributed by atoms with E-state index >= 15 is 0 Å². The lowest BCUT2D eigenvalue weighted by atomic mass is 10.2. The highest BCUT2D eigenvalue weighted by Crippen LogP contribution is 2.30. The lowest BCUT2D eigenvalue weighted by molar-refractivity contribution is -0.0496. The first kappa shape index (κ1) is 27.9. The van der Waals surface area contributed by atoms with Crippen LogP contribution in [0.4, 0.5) is 17.6 Å². The zero-order valence-corrected chi connectivity index (χ0v) is 22.6. The Hall–Kier alpha value is -3.63. The van der Waals surface area contributed by atoms with Crippen molar-refractivity contribution in [3.63, 3.8) is 0 Å². The fourth-order valence-corrected chi connectivity index (χ4v) is 5.32. The third-order valence-corrected chi connectivity index (χ3v) is 8.32. The van der Waals surface area contributed by atoms with E-state index in [4.69, 9.17) is 11.6 Å². The first-order valence-corrected chi connectivity index (χ1v) is 13.7. The third-order valence-electron chi connectivity index (χ3n) is 6.34. The number of fused-ring (bicyclic) bond motifs is 2. The summed E-state index contributed by atoms with van der Waals surface area (Å²) in [4.78, 5) is 25.6. The Kier molecular flexibility index (Phi) is 7.04. The summed E-state index contributed by atoms with van der Waals surface area (Å²) in [5.41, 5.74) is -3.23. The summed E-state index contributed by atoms with van der Waals surface area (Å²) >= 11 is 6.18. The van der Waals surface area contributed by atoms with Crippen LogP contribution in [0.3, 0.4) is 0 Å². The molecule has 0 radical (unpaired) electrons. The maximum absolute atomic E-state index is 15.0. The van der Waals surface area contributed by atoms with Gasteiger partial charge in [-0.2, -0.15) is 17.5 Å². The molecule has 1 aliphatic heterocycles. The molecule has 4 aromatic rings. The van der Waals surface area contributed by atoms with E-state index in [1.54, 1.807) is 23.6 Å². The van der Waals surface area contributed by atoms with Crippen LogP contribution in [0.5, 0.6) is 0 Å². The van der Waals surface area contributed by atoms with Gasteiger partial charge >= 0.3 is 15.5 Å². The second-order valence-electron chi connectivity index (χ2n) is 9.01. The number of carbonyl (C=O) groups is 1. The van der Waals surface area contributed by atoms with E-state index < -0.39 is 40.3 Å². The van der Waals surface area contributed by atoms with Gasteiger partial charge in [0.2, 0.25) is 5.82 Å². The van der Waals surface area contributed by atoms with Crippen molar-refractivity contribution in [2.45, 2.75) is 45.4 Å². The fourth-order valence-electron chi connectivity index (χ4n) is 4.27. The number of aryl methyl sites for hydroxylation is 2. The second kappa shape index (κ2) is 10.1. The molecule has 1 amide bonds. The molecule has 0 bridgehead atoms. The molecular weight excluding hydrogens is 580 g/mol. The van der Waals surface area contributed by atoms with E-state index in [0.717, 1.165) is 11.6 Å². The number of alkyl halides is 3. The Morgan fingerprint density at radius 2 is 1.95 bits per heavy atom. The number of rotatable bonds is 6. The quantitative estimate of drug-likeness (QED) is 0.337. The normalized spacial score (nSPS) is 14.5. The van der Waals surface area contributed by atoms with Crippen LogP contribution in [0.2, 0.25) is 5.02 Å². The van der Waals surface area contributed by atoms with Gasteiger partial charge in [-0.3, -0.25) is 9.20 Å². The Labute approximate surface area is 229 Å². The third kappa shape index (κ3) is 4.90. The highest BCUT2D eigenvalue weighted by Gasteiger charge is 2.50. The molecule has 40 heavy (non-hydrogen) atoms. The second-order valence-corrected chi connectivity index (χ2v) is 11.3. The van der Waals surface area contributed by atoms with Gasteiger partial charge in [-0.25, -0.2) is 32.4 Å². The Morgan fingerprint density at radius 3 is 2.62 bits per heavy atom. The largest absolute Gasteiger partial charge is 0.511 e. The number of sulfonamides is 1.